The summed E-state index contributed by atoms with van der Waals surface area (Å²) in [6, 6.07) is 4.93. The summed E-state index contributed by atoms with van der Waals surface area (Å²) in [5, 5.41) is 11.0. The molecular formula is C13H16N2O4. The van der Waals surface area contributed by atoms with Gasteiger partial charge in [-0.05, 0) is 25.5 Å². The zero-order chi connectivity index (χ0) is 14.0. The van der Waals surface area contributed by atoms with Gasteiger partial charge in [-0.2, -0.15) is 0 Å². The van der Waals surface area contributed by atoms with Crippen molar-refractivity contribution < 1.29 is 14.5 Å². The van der Waals surface area contributed by atoms with Crippen LogP contribution in [-0.4, -0.2) is 37.0 Å². The van der Waals surface area contributed by atoms with Crippen molar-refractivity contribution in [2.24, 2.45) is 0 Å². The Morgan fingerprint density at radius 2 is 2.26 bits per heavy atom. The van der Waals surface area contributed by atoms with E-state index in [2.05, 4.69) is 0 Å². The van der Waals surface area contributed by atoms with Crippen LogP contribution in [0.5, 0.6) is 0 Å². The molecule has 1 unspecified atom stereocenters. The number of likely N-dealkylation sites (N-methyl/N-ethyl adjacent to an activating group) is 1. The lowest BCUT2D eigenvalue weighted by Crippen LogP contribution is -2.31. The molecule has 1 fully saturated rings. The number of anilines is 1. The minimum atomic E-state index is -0.515. The number of nitro groups is 1. The maximum atomic E-state index is 11.4. The molecule has 102 valence electrons. The number of ketones is 1. The topological polar surface area (TPSA) is 72.7 Å². The molecule has 1 aromatic rings. The van der Waals surface area contributed by atoms with E-state index in [1.54, 1.807) is 6.07 Å². The summed E-state index contributed by atoms with van der Waals surface area (Å²) in [5.74, 6) is -0.301. The maximum absolute atomic E-state index is 11.4. The van der Waals surface area contributed by atoms with Crippen LogP contribution in [-0.2, 0) is 4.74 Å². The van der Waals surface area contributed by atoms with Gasteiger partial charge >= 0.3 is 0 Å². The average molecular weight is 264 g/mol. The number of rotatable bonds is 4. The predicted molar refractivity (Wildman–Crippen MR) is 70.7 cm³/mol. The standard InChI is InChI=1S/C13H16N2O4/c1-9(16)12-4-3-10(7-13(12)15(17)18)14(2)11-5-6-19-8-11/h3-4,7,11H,5-6,8H2,1-2H3. The summed E-state index contributed by atoms with van der Waals surface area (Å²) in [5.41, 5.74) is 0.729. The van der Waals surface area contributed by atoms with Crippen LogP contribution in [0.1, 0.15) is 23.7 Å². The molecule has 1 aliphatic rings. The molecular weight excluding hydrogens is 248 g/mol. The van der Waals surface area contributed by atoms with Gasteiger partial charge in [0.2, 0.25) is 0 Å². The molecule has 0 amide bonds. The Morgan fingerprint density at radius 1 is 1.53 bits per heavy atom. The number of nitro benzene ring substituents is 1. The number of ether oxygens (including phenoxy) is 1. The third-order valence-electron chi connectivity index (χ3n) is 3.42. The van der Waals surface area contributed by atoms with E-state index in [0.717, 1.165) is 12.1 Å². The van der Waals surface area contributed by atoms with Crippen LogP contribution in [0.3, 0.4) is 0 Å². The number of carbonyl (C=O) groups is 1. The third kappa shape index (κ3) is 2.73. The van der Waals surface area contributed by atoms with Gasteiger partial charge in [0.25, 0.3) is 5.69 Å². The molecule has 0 N–H and O–H groups in total. The summed E-state index contributed by atoms with van der Waals surface area (Å²) in [6.07, 6.45) is 0.902. The van der Waals surface area contributed by atoms with Gasteiger partial charge in [0.15, 0.2) is 5.78 Å². The van der Waals surface area contributed by atoms with Crippen molar-refractivity contribution in [3.63, 3.8) is 0 Å². The number of nitrogens with zero attached hydrogens (tertiary/aromatic N) is 2. The zero-order valence-corrected chi connectivity index (χ0v) is 11.0. The van der Waals surface area contributed by atoms with Crippen LogP contribution in [0.4, 0.5) is 11.4 Å². The monoisotopic (exact) mass is 264 g/mol. The van der Waals surface area contributed by atoms with E-state index >= 15 is 0 Å². The minimum absolute atomic E-state index is 0.143. The molecule has 0 spiro atoms. The average Bonchev–Trinajstić information content (AvgIpc) is 2.90. The molecule has 0 saturated carbocycles. The van der Waals surface area contributed by atoms with Crippen LogP contribution >= 0.6 is 0 Å². The summed E-state index contributed by atoms with van der Waals surface area (Å²) in [7, 11) is 1.88. The lowest BCUT2D eigenvalue weighted by Gasteiger charge is -2.25. The van der Waals surface area contributed by atoms with E-state index in [-0.39, 0.29) is 23.1 Å². The van der Waals surface area contributed by atoms with Crippen LogP contribution in [0.2, 0.25) is 0 Å². The normalized spacial score (nSPS) is 18.3. The van der Waals surface area contributed by atoms with Gasteiger partial charge in [-0.3, -0.25) is 14.9 Å². The Morgan fingerprint density at radius 3 is 2.79 bits per heavy atom. The number of hydrogen-bond donors (Lipinski definition) is 0. The molecule has 0 aromatic heterocycles. The molecule has 6 heteroatoms. The van der Waals surface area contributed by atoms with Crippen molar-refractivity contribution in [3.8, 4) is 0 Å². The molecule has 1 saturated heterocycles. The maximum Gasteiger partial charge on any atom is 0.282 e. The van der Waals surface area contributed by atoms with Crippen LogP contribution in [0.25, 0.3) is 0 Å². The van der Waals surface area contributed by atoms with Crippen LogP contribution in [0, 0.1) is 10.1 Å². The van der Waals surface area contributed by atoms with E-state index in [1.807, 2.05) is 11.9 Å². The van der Waals surface area contributed by atoms with Crippen molar-refractivity contribution in [1.82, 2.24) is 0 Å². The lowest BCUT2D eigenvalue weighted by molar-refractivity contribution is -0.385. The van der Waals surface area contributed by atoms with Crippen molar-refractivity contribution in [2.75, 3.05) is 25.2 Å². The van der Waals surface area contributed by atoms with E-state index in [1.165, 1.54) is 19.1 Å². The van der Waals surface area contributed by atoms with E-state index in [4.69, 9.17) is 4.74 Å². The Balaban J connectivity index is 2.34. The Hall–Kier alpha value is -1.95. The van der Waals surface area contributed by atoms with Crippen molar-refractivity contribution in [1.29, 1.82) is 0 Å². The molecule has 0 radical (unpaired) electrons. The number of carbonyl (C=O) groups excluding carboxylic acids is 1. The van der Waals surface area contributed by atoms with E-state index < -0.39 is 4.92 Å². The quantitative estimate of drug-likeness (QED) is 0.472. The van der Waals surface area contributed by atoms with Crippen molar-refractivity contribution >= 4 is 17.2 Å². The fourth-order valence-corrected chi connectivity index (χ4v) is 2.23. The Labute approximate surface area is 111 Å². The highest BCUT2D eigenvalue weighted by molar-refractivity contribution is 5.98. The first-order chi connectivity index (χ1) is 9.00. The first kappa shape index (κ1) is 13.5. The van der Waals surface area contributed by atoms with Gasteiger partial charge in [0.1, 0.15) is 0 Å². The van der Waals surface area contributed by atoms with Crippen molar-refractivity contribution in [2.45, 2.75) is 19.4 Å². The minimum Gasteiger partial charge on any atom is -0.379 e. The second-order valence-corrected chi connectivity index (χ2v) is 4.64. The molecule has 1 aromatic carbocycles. The number of hydrogen-bond acceptors (Lipinski definition) is 5. The largest absolute Gasteiger partial charge is 0.379 e. The predicted octanol–water partition coefficient (Wildman–Crippen LogP) is 2.02. The van der Waals surface area contributed by atoms with Crippen molar-refractivity contribution in [3.05, 3.63) is 33.9 Å². The number of benzene rings is 1. The fourth-order valence-electron chi connectivity index (χ4n) is 2.23. The Kier molecular flexibility index (Phi) is 3.80. The molecule has 6 nitrogen and oxygen atoms in total. The zero-order valence-electron chi connectivity index (χ0n) is 11.0. The first-order valence-electron chi connectivity index (χ1n) is 6.10. The SMILES string of the molecule is CC(=O)c1ccc(N(C)C2CCOC2)cc1[N+](=O)[O-]. The van der Waals surface area contributed by atoms with Gasteiger partial charge in [0.05, 0.1) is 23.1 Å². The molecule has 1 heterocycles. The summed E-state index contributed by atoms with van der Waals surface area (Å²) in [6.45, 7) is 2.66. The van der Waals surface area contributed by atoms with Gasteiger partial charge in [0, 0.05) is 25.4 Å². The van der Waals surface area contributed by atoms with E-state index in [9.17, 15) is 14.9 Å². The summed E-state index contributed by atoms with van der Waals surface area (Å²) >= 11 is 0. The molecule has 1 atom stereocenters. The second-order valence-electron chi connectivity index (χ2n) is 4.64. The van der Waals surface area contributed by atoms with Gasteiger partial charge < -0.3 is 9.64 Å². The highest BCUT2D eigenvalue weighted by atomic mass is 16.6. The van der Waals surface area contributed by atoms with E-state index in [0.29, 0.717) is 13.2 Å². The molecule has 19 heavy (non-hydrogen) atoms. The molecule has 2 rings (SSSR count). The van der Waals surface area contributed by atoms with Gasteiger partial charge in [-0.1, -0.05) is 0 Å². The highest BCUT2D eigenvalue weighted by Crippen LogP contribution is 2.27. The van der Waals surface area contributed by atoms with Gasteiger partial charge in [-0.15, -0.1) is 0 Å². The van der Waals surface area contributed by atoms with Crippen LogP contribution in [0.15, 0.2) is 18.2 Å². The highest BCUT2D eigenvalue weighted by Gasteiger charge is 2.24. The molecule has 0 bridgehead atoms. The Bertz CT molecular complexity index is 509. The summed E-state index contributed by atoms with van der Waals surface area (Å²) < 4.78 is 5.31. The second kappa shape index (κ2) is 5.36. The molecule has 1 aliphatic heterocycles. The first-order valence-corrected chi connectivity index (χ1v) is 6.10. The summed E-state index contributed by atoms with van der Waals surface area (Å²) in [4.78, 5) is 23.8. The molecule has 0 aliphatic carbocycles. The smallest absolute Gasteiger partial charge is 0.282 e. The van der Waals surface area contributed by atoms with Gasteiger partial charge in [-0.25, -0.2) is 0 Å². The third-order valence-corrected chi connectivity index (χ3v) is 3.42. The lowest BCUT2D eigenvalue weighted by atomic mass is 10.1. The number of Topliss-reactive ketones (excluding diaryl/α,β-unsaturated/α-hetero) is 1. The van der Waals surface area contributed by atoms with Crippen LogP contribution < -0.4 is 4.90 Å². The fraction of sp³-hybridized carbons (Fsp3) is 0.462.